The lowest BCUT2D eigenvalue weighted by atomic mass is 10.0. The highest BCUT2D eigenvalue weighted by atomic mass is 16.5. The van der Waals surface area contributed by atoms with E-state index in [2.05, 4.69) is 20.2 Å². The van der Waals surface area contributed by atoms with Gasteiger partial charge in [0, 0.05) is 19.2 Å². The predicted molar refractivity (Wildman–Crippen MR) is 110 cm³/mol. The first kappa shape index (κ1) is 20.0. The van der Waals surface area contributed by atoms with Gasteiger partial charge in [-0.15, -0.1) is 10.2 Å². The summed E-state index contributed by atoms with van der Waals surface area (Å²) in [6.45, 7) is 2.57. The number of carbonyl (C=O) groups excluding carboxylic acids is 1. The number of hydrogen-bond acceptors (Lipinski definition) is 7. The molecule has 8 nitrogen and oxygen atoms in total. The zero-order valence-corrected chi connectivity index (χ0v) is 17.2. The first-order chi connectivity index (χ1) is 14.6. The van der Waals surface area contributed by atoms with Crippen LogP contribution in [0.15, 0.2) is 41.1 Å². The minimum atomic E-state index is -0.193. The number of rotatable bonds is 6. The summed E-state index contributed by atoms with van der Waals surface area (Å²) in [5, 5.41) is 8.34. The third-order valence-corrected chi connectivity index (χ3v) is 5.34. The van der Waals surface area contributed by atoms with E-state index >= 15 is 0 Å². The highest BCUT2D eigenvalue weighted by molar-refractivity contribution is 5.77. The molecule has 1 aliphatic heterocycles. The van der Waals surface area contributed by atoms with Crippen molar-refractivity contribution in [3.05, 3.63) is 53.8 Å². The quantitative estimate of drug-likeness (QED) is 0.617. The van der Waals surface area contributed by atoms with Crippen LogP contribution in [0.1, 0.15) is 48.9 Å². The van der Waals surface area contributed by atoms with Crippen LogP contribution < -0.4 is 4.74 Å². The molecule has 2 aromatic heterocycles. The Labute approximate surface area is 175 Å². The largest absolute Gasteiger partial charge is 0.497 e. The molecule has 8 heteroatoms. The molecule has 0 saturated carbocycles. The maximum Gasteiger partial charge on any atom is 0.267 e. The van der Waals surface area contributed by atoms with Gasteiger partial charge in [-0.2, -0.15) is 0 Å². The Morgan fingerprint density at radius 1 is 1.17 bits per heavy atom. The Bertz CT molecular complexity index is 985. The fourth-order valence-corrected chi connectivity index (χ4v) is 3.65. The number of ether oxygens (including phenoxy) is 1. The number of piperidine rings is 1. The molecule has 3 heterocycles. The lowest BCUT2D eigenvalue weighted by Crippen LogP contribution is -2.38. The zero-order chi connectivity index (χ0) is 20.9. The van der Waals surface area contributed by atoms with E-state index in [1.807, 2.05) is 36.1 Å². The molecular weight excluding hydrogens is 382 g/mol. The van der Waals surface area contributed by atoms with E-state index in [9.17, 15) is 4.79 Å². The van der Waals surface area contributed by atoms with Gasteiger partial charge in [0.2, 0.25) is 11.8 Å². The van der Waals surface area contributed by atoms with Crippen molar-refractivity contribution in [2.24, 2.45) is 0 Å². The van der Waals surface area contributed by atoms with Gasteiger partial charge in [-0.05, 0) is 50.3 Å². The van der Waals surface area contributed by atoms with Crippen LogP contribution in [-0.2, 0) is 11.2 Å². The fourth-order valence-electron chi connectivity index (χ4n) is 3.65. The summed E-state index contributed by atoms with van der Waals surface area (Å²) in [6.07, 6.45) is 7.22. The second-order valence-corrected chi connectivity index (χ2v) is 7.44. The predicted octanol–water partition coefficient (Wildman–Crippen LogP) is 3.53. The van der Waals surface area contributed by atoms with Crippen LogP contribution in [0, 0.1) is 6.92 Å². The monoisotopic (exact) mass is 407 g/mol. The molecule has 1 amide bonds. The molecule has 3 aromatic rings. The molecule has 1 aliphatic rings. The Morgan fingerprint density at radius 3 is 2.73 bits per heavy atom. The van der Waals surface area contributed by atoms with E-state index in [1.165, 1.54) is 0 Å². The molecule has 0 spiro atoms. The van der Waals surface area contributed by atoms with Gasteiger partial charge < -0.3 is 14.1 Å². The minimum absolute atomic E-state index is 0.102. The summed E-state index contributed by atoms with van der Waals surface area (Å²) < 4.78 is 11.1. The van der Waals surface area contributed by atoms with Crippen molar-refractivity contribution < 1.29 is 13.9 Å². The van der Waals surface area contributed by atoms with Crippen LogP contribution in [-0.4, -0.2) is 44.6 Å². The summed E-state index contributed by atoms with van der Waals surface area (Å²) in [6, 6.07) is 7.62. The smallest absolute Gasteiger partial charge is 0.267 e. The molecule has 30 heavy (non-hydrogen) atoms. The molecule has 1 saturated heterocycles. The average molecular weight is 407 g/mol. The number of hydrogen-bond donors (Lipinski definition) is 0. The molecule has 0 bridgehead atoms. The molecule has 0 unspecified atom stereocenters. The normalized spacial score (nSPS) is 16.5. The van der Waals surface area contributed by atoms with E-state index < -0.39 is 0 Å². The van der Waals surface area contributed by atoms with E-state index in [-0.39, 0.29) is 11.9 Å². The Hall–Kier alpha value is -3.29. The summed E-state index contributed by atoms with van der Waals surface area (Å²) in [5.41, 5.74) is 2.46. The van der Waals surface area contributed by atoms with E-state index in [4.69, 9.17) is 9.15 Å². The van der Waals surface area contributed by atoms with Gasteiger partial charge >= 0.3 is 0 Å². The van der Waals surface area contributed by atoms with Crippen LogP contribution in [0.3, 0.4) is 0 Å². The highest BCUT2D eigenvalue weighted by Crippen LogP contribution is 2.32. The second kappa shape index (κ2) is 9.02. The number of aryl methyl sites for hydroxylation is 2. The van der Waals surface area contributed by atoms with Crippen LogP contribution in [0.25, 0.3) is 11.6 Å². The number of aromatic nitrogens is 4. The molecule has 4 rings (SSSR count). The Kier molecular flexibility index (Phi) is 6.02. The lowest BCUT2D eigenvalue weighted by molar-refractivity contribution is -0.135. The third kappa shape index (κ3) is 4.48. The van der Waals surface area contributed by atoms with Crippen molar-refractivity contribution >= 4 is 5.91 Å². The number of nitrogens with zero attached hydrogens (tertiary/aromatic N) is 5. The van der Waals surface area contributed by atoms with Crippen molar-refractivity contribution in [2.75, 3.05) is 13.7 Å². The Morgan fingerprint density at radius 2 is 2.00 bits per heavy atom. The minimum Gasteiger partial charge on any atom is -0.497 e. The maximum atomic E-state index is 13.0. The summed E-state index contributed by atoms with van der Waals surface area (Å²) >= 11 is 0. The fraction of sp³-hybridized carbons (Fsp3) is 0.409. The number of benzene rings is 1. The van der Waals surface area contributed by atoms with Crippen molar-refractivity contribution in [1.82, 2.24) is 25.1 Å². The van der Waals surface area contributed by atoms with Crippen LogP contribution in [0.4, 0.5) is 0 Å². The van der Waals surface area contributed by atoms with Gasteiger partial charge in [-0.3, -0.25) is 9.78 Å². The van der Waals surface area contributed by atoms with Crippen LogP contribution in [0.5, 0.6) is 5.75 Å². The van der Waals surface area contributed by atoms with Crippen molar-refractivity contribution in [3.8, 4) is 17.3 Å². The van der Waals surface area contributed by atoms with Crippen LogP contribution in [0.2, 0.25) is 0 Å². The molecule has 1 aromatic carbocycles. The molecule has 0 N–H and O–H groups in total. The molecule has 1 atom stereocenters. The molecule has 0 radical (unpaired) electrons. The third-order valence-electron chi connectivity index (χ3n) is 5.34. The summed E-state index contributed by atoms with van der Waals surface area (Å²) in [7, 11) is 1.64. The van der Waals surface area contributed by atoms with Crippen molar-refractivity contribution in [1.29, 1.82) is 0 Å². The number of amides is 1. The summed E-state index contributed by atoms with van der Waals surface area (Å²) in [4.78, 5) is 23.4. The number of carbonyl (C=O) groups is 1. The molecular formula is C22H25N5O3. The molecule has 1 fully saturated rings. The first-order valence-corrected chi connectivity index (χ1v) is 10.2. The first-order valence-electron chi connectivity index (χ1n) is 10.2. The Balaban J connectivity index is 1.44. The van der Waals surface area contributed by atoms with Gasteiger partial charge in [-0.25, -0.2) is 4.98 Å². The van der Waals surface area contributed by atoms with E-state index in [1.54, 1.807) is 19.5 Å². The van der Waals surface area contributed by atoms with Gasteiger partial charge in [0.25, 0.3) is 5.89 Å². The number of likely N-dealkylation sites (tertiary alicyclic amines) is 1. The van der Waals surface area contributed by atoms with Gasteiger partial charge in [0.05, 0.1) is 19.0 Å². The van der Waals surface area contributed by atoms with Crippen LogP contribution >= 0.6 is 0 Å². The van der Waals surface area contributed by atoms with E-state index in [0.717, 1.165) is 36.3 Å². The van der Waals surface area contributed by atoms with Gasteiger partial charge in [0.15, 0.2) is 0 Å². The topological polar surface area (TPSA) is 94.2 Å². The van der Waals surface area contributed by atoms with Gasteiger partial charge in [0.1, 0.15) is 17.5 Å². The summed E-state index contributed by atoms with van der Waals surface area (Å²) in [5.74, 6) is 1.70. The van der Waals surface area contributed by atoms with Gasteiger partial charge in [-0.1, -0.05) is 12.1 Å². The maximum absolute atomic E-state index is 13.0. The second-order valence-electron chi connectivity index (χ2n) is 7.44. The van der Waals surface area contributed by atoms with Crippen molar-refractivity contribution in [3.63, 3.8) is 0 Å². The number of methoxy groups -OCH3 is 1. The molecule has 156 valence electrons. The SMILES string of the molecule is COc1ccc(CCC(=O)N2CCCC[C@@H]2c2nnc(-c3cnc(C)cn3)o2)cc1. The highest BCUT2D eigenvalue weighted by Gasteiger charge is 2.32. The van der Waals surface area contributed by atoms with E-state index in [0.29, 0.717) is 36.9 Å². The standard InChI is InChI=1S/C22H25N5O3/c1-15-13-24-18(14-23-15)21-25-26-22(30-21)19-5-3-4-12-27(19)20(28)11-8-16-6-9-17(29-2)10-7-16/h6-7,9-10,13-14,19H,3-5,8,11-12H2,1-2H3/t19-/m1/s1. The van der Waals surface area contributed by atoms with Crippen molar-refractivity contribution in [2.45, 2.75) is 45.1 Å². The molecule has 0 aliphatic carbocycles. The lowest BCUT2D eigenvalue weighted by Gasteiger charge is -2.33. The average Bonchev–Trinajstić information content (AvgIpc) is 3.28. The zero-order valence-electron chi connectivity index (χ0n) is 17.2.